The third-order valence-corrected chi connectivity index (χ3v) is 5.43. The van der Waals surface area contributed by atoms with Gasteiger partial charge in [0.05, 0.1) is 12.8 Å². The van der Waals surface area contributed by atoms with Crippen molar-refractivity contribution in [3.05, 3.63) is 24.3 Å². The number of carbonyl (C=O) groups excluding carboxylic acids is 2. The molecule has 7 nitrogen and oxygen atoms in total. The number of para-hydroxylation sites is 2. The van der Waals surface area contributed by atoms with Crippen LogP contribution in [0.4, 0.5) is 5.69 Å². The Bertz CT molecular complexity index is 680. The van der Waals surface area contributed by atoms with E-state index < -0.39 is 5.41 Å². The highest BCUT2D eigenvalue weighted by atomic mass is 16.5. The van der Waals surface area contributed by atoms with E-state index in [9.17, 15) is 9.59 Å². The molecule has 148 valence electrons. The van der Waals surface area contributed by atoms with Gasteiger partial charge in [0, 0.05) is 39.3 Å². The molecule has 1 aliphatic carbocycles. The molecule has 1 aromatic carbocycles. The fourth-order valence-corrected chi connectivity index (χ4v) is 3.57. The van der Waals surface area contributed by atoms with Gasteiger partial charge < -0.3 is 24.8 Å². The number of piperazine rings is 1. The summed E-state index contributed by atoms with van der Waals surface area (Å²) in [5.41, 5.74) is 0.230. The highest BCUT2D eigenvalue weighted by molar-refractivity contribution is 6.07. The molecule has 7 heteroatoms. The SMILES string of the molecule is COc1ccccc1N1CCN(C(=O)C2(C(=O)NCCN(C)C)CC2)CC1. The van der Waals surface area contributed by atoms with Crippen molar-refractivity contribution in [2.24, 2.45) is 5.41 Å². The minimum atomic E-state index is -0.821. The molecule has 1 aromatic rings. The minimum Gasteiger partial charge on any atom is -0.495 e. The maximum absolute atomic E-state index is 13.0. The van der Waals surface area contributed by atoms with Crippen LogP contribution in [0.5, 0.6) is 5.75 Å². The van der Waals surface area contributed by atoms with Crippen LogP contribution < -0.4 is 15.0 Å². The third-order valence-electron chi connectivity index (χ3n) is 5.43. The molecule has 0 aromatic heterocycles. The zero-order chi connectivity index (χ0) is 19.4. The van der Waals surface area contributed by atoms with Crippen LogP contribution in [-0.2, 0) is 9.59 Å². The van der Waals surface area contributed by atoms with Crippen molar-refractivity contribution in [2.75, 3.05) is 65.4 Å². The molecule has 1 heterocycles. The lowest BCUT2D eigenvalue weighted by atomic mass is 10.0. The van der Waals surface area contributed by atoms with E-state index in [0.29, 0.717) is 32.5 Å². The molecule has 1 saturated carbocycles. The van der Waals surface area contributed by atoms with E-state index in [0.717, 1.165) is 31.1 Å². The van der Waals surface area contributed by atoms with Crippen molar-refractivity contribution >= 4 is 17.5 Å². The topological polar surface area (TPSA) is 65.1 Å². The van der Waals surface area contributed by atoms with E-state index >= 15 is 0 Å². The summed E-state index contributed by atoms with van der Waals surface area (Å²) >= 11 is 0. The molecule has 27 heavy (non-hydrogen) atoms. The van der Waals surface area contributed by atoms with Gasteiger partial charge in [-0.25, -0.2) is 0 Å². The van der Waals surface area contributed by atoms with E-state index in [-0.39, 0.29) is 11.8 Å². The summed E-state index contributed by atoms with van der Waals surface area (Å²) in [6.07, 6.45) is 1.32. The second kappa shape index (κ2) is 8.17. The summed E-state index contributed by atoms with van der Waals surface area (Å²) in [5.74, 6) is 0.724. The van der Waals surface area contributed by atoms with E-state index in [1.807, 2.05) is 48.2 Å². The van der Waals surface area contributed by atoms with Crippen LogP contribution in [-0.4, -0.2) is 82.1 Å². The lowest BCUT2D eigenvalue weighted by Crippen LogP contribution is -2.53. The summed E-state index contributed by atoms with van der Waals surface area (Å²) in [5, 5.41) is 2.93. The predicted octanol–water partition coefficient (Wildman–Crippen LogP) is 0.802. The highest BCUT2D eigenvalue weighted by Crippen LogP contribution is 2.47. The molecule has 2 aliphatic rings. The van der Waals surface area contributed by atoms with Gasteiger partial charge in [0.1, 0.15) is 11.2 Å². The van der Waals surface area contributed by atoms with Crippen LogP contribution in [0, 0.1) is 5.41 Å². The van der Waals surface area contributed by atoms with E-state index in [1.54, 1.807) is 7.11 Å². The van der Waals surface area contributed by atoms with Gasteiger partial charge in [0.25, 0.3) is 0 Å². The van der Waals surface area contributed by atoms with Gasteiger partial charge >= 0.3 is 0 Å². The summed E-state index contributed by atoms with van der Waals surface area (Å²) in [6.45, 7) is 4.08. The number of nitrogens with one attached hydrogen (secondary N) is 1. The first-order valence-corrected chi connectivity index (χ1v) is 9.58. The fraction of sp³-hybridized carbons (Fsp3) is 0.600. The second-order valence-corrected chi connectivity index (χ2v) is 7.59. The first kappa shape index (κ1) is 19.5. The second-order valence-electron chi connectivity index (χ2n) is 7.59. The number of hydrogen-bond donors (Lipinski definition) is 1. The Morgan fingerprint density at radius 2 is 1.81 bits per heavy atom. The lowest BCUT2D eigenvalue weighted by molar-refractivity contribution is -0.144. The number of methoxy groups -OCH3 is 1. The summed E-state index contributed by atoms with van der Waals surface area (Å²) in [4.78, 5) is 31.7. The van der Waals surface area contributed by atoms with Crippen LogP contribution in [0.15, 0.2) is 24.3 Å². The molecule has 1 saturated heterocycles. The van der Waals surface area contributed by atoms with Crippen molar-refractivity contribution in [3.8, 4) is 5.75 Å². The molecule has 1 aliphatic heterocycles. The number of ether oxygens (including phenoxy) is 1. The van der Waals surface area contributed by atoms with Gasteiger partial charge in [-0.3, -0.25) is 9.59 Å². The van der Waals surface area contributed by atoms with Gasteiger partial charge in [-0.1, -0.05) is 12.1 Å². The fourth-order valence-electron chi connectivity index (χ4n) is 3.57. The average Bonchev–Trinajstić information content (AvgIpc) is 3.49. The highest BCUT2D eigenvalue weighted by Gasteiger charge is 2.58. The monoisotopic (exact) mass is 374 g/mol. The van der Waals surface area contributed by atoms with E-state index in [4.69, 9.17) is 4.74 Å². The van der Waals surface area contributed by atoms with Crippen molar-refractivity contribution in [2.45, 2.75) is 12.8 Å². The number of anilines is 1. The number of nitrogens with zero attached hydrogens (tertiary/aromatic N) is 3. The third kappa shape index (κ3) is 4.18. The quantitative estimate of drug-likeness (QED) is 0.716. The van der Waals surface area contributed by atoms with Crippen LogP contribution in [0.25, 0.3) is 0 Å². The van der Waals surface area contributed by atoms with Crippen LogP contribution in [0.2, 0.25) is 0 Å². The van der Waals surface area contributed by atoms with Gasteiger partial charge in [0.15, 0.2) is 0 Å². The maximum atomic E-state index is 13.0. The Morgan fingerprint density at radius 1 is 1.15 bits per heavy atom. The normalized spacial score (nSPS) is 18.4. The van der Waals surface area contributed by atoms with Gasteiger partial charge in [-0.15, -0.1) is 0 Å². The standard InChI is InChI=1S/C20H30N4O3/c1-22(2)11-10-21-18(25)20(8-9-20)19(26)24-14-12-23(13-15-24)16-6-4-5-7-17(16)27-3/h4-7H,8-15H2,1-3H3,(H,21,25). The molecule has 2 fully saturated rings. The molecule has 0 spiro atoms. The number of carbonyl (C=O) groups is 2. The zero-order valence-corrected chi connectivity index (χ0v) is 16.5. The largest absolute Gasteiger partial charge is 0.495 e. The Labute approximate surface area is 161 Å². The van der Waals surface area contributed by atoms with Crippen molar-refractivity contribution in [1.29, 1.82) is 0 Å². The first-order chi connectivity index (χ1) is 13.0. The zero-order valence-electron chi connectivity index (χ0n) is 16.5. The number of benzene rings is 1. The van der Waals surface area contributed by atoms with Crippen LogP contribution in [0.3, 0.4) is 0 Å². The molecule has 0 radical (unpaired) electrons. The van der Waals surface area contributed by atoms with Crippen LogP contribution >= 0.6 is 0 Å². The number of rotatable bonds is 7. The smallest absolute Gasteiger partial charge is 0.238 e. The summed E-state index contributed by atoms with van der Waals surface area (Å²) in [7, 11) is 5.60. The first-order valence-electron chi connectivity index (χ1n) is 9.58. The number of hydrogen-bond acceptors (Lipinski definition) is 5. The van der Waals surface area contributed by atoms with Crippen LogP contribution in [0.1, 0.15) is 12.8 Å². The summed E-state index contributed by atoms with van der Waals surface area (Å²) < 4.78 is 5.44. The number of likely N-dealkylation sites (N-methyl/N-ethyl adjacent to an activating group) is 1. The van der Waals surface area contributed by atoms with Gasteiger partial charge in [-0.05, 0) is 39.1 Å². The maximum Gasteiger partial charge on any atom is 0.238 e. The van der Waals surface area contributed by atoms with Crippen molar-refractivity contribution in [3.63, 3.8) is 0 Å². The van der Waals surface area contributed by atoms with Gasteiger partial charge in [-0.2, -0.15) is 0 Å². The van der Waals surface area contributed by atoms with Crippen molar-refractivity contribution < 1.29 is 14.3 Å². The average molecular weight is 374 g/mol. The molecule has 3 rings (SSSR count). The van der Waals surface area contributed by atoms with Gasteiger partial charge in [0.2, 0.25) is 11.8 Å². The predicted molar refractivity (Wildman–Crippen MR) is 105 cm³/mol. The van der Waals surface area contributed by atoms with E-state index in [2.05, 4.69) is 10.2 Å². The molecule has 2 amide bonds. The Kier molecular flexibility index (Phi) is 5.89. The lowest BCUT2D eigenvalue weighted by Gasteiger charge is -2.38. The molecular formula is C20H30N4O3. The Hall–Kier alpha value is -2.28. The summed E-state index contributed by atoms with van der Waals surface area (Å²) in [6, 6.07) is 7.93. The molecular weight excluding hydrogens is 344 g/mol. The minimum absolute atomic E-state index is 0.00969. The Morgan fingerprint density at radius 3 is 2.41 bits per heavy atom. The number of amides is 2. The molecule has 0 bridgehead atoms. The Balaban J connectivity index is 1.56. The molecule has 0 unspecified atom stereocenters. The molecule has 1 N–H and O–H groups in total. The van der Waals surface area contributed by atoms with Crippen molar-refractivity contribution in [1.82, 2.24) is 15.1 Å². The molecule has 0 atom stereocenters. The van der Waals surface area contributed by atoms with E-state index in [1.165, 1.54) is 0 Å².